The lowest BCUT2D eigenvalue weighted by Gasteiger charge is -2.24. The Bertz CT molecular complexity index is 2610. The van der Waals surface area contributed by atoms with E-state index in [2.05, 4.69) is 25.3 Å². The molecule has 0 heterocycles. The van der Waals surface area contributed by atoms with Crippen molar-refractivity contribution in [3.63, 3.8) is 0 Å². The first kappa shape index (κ1) is 57.2. The number of thiol groups is 2. The maximum atomic E-state index is 13.0. The van der Waals surface area contributed by atoms with Gasteiger partial charge in [-0.05, 0) is 62.4 Å². The number of rotatable bonds is 26. The van der Waals surface area contributed by atoms with Gasteiger partial charge in [0, 0.05) is 81.7 Å². The quantitative estimate of drug-likeness (QED) is 0.0246. The highest BCUT2D eigenvalue weighted by Crippen LogP contribution is 2.42. The summed E-state index contributed by atoms with van der Waals surface area (Å²) in [6.45, 7) is 4.45. The Hall–Kier alpha value is -3.74. The van der Waals surface area contributed by atoms with Crippen LogP contribution in [-0.4, -0.2) is 143 Å². The van der Waals surface area contributed by atoms with E-state index in [4.69, 9.17) is 37.9 Å². The third-order valence-corrected chi connectivity index (χ3v) is 14.0. The van der Waals surface area contributed by atoms with E-state index in [9.17, 15) is 51.9 Å². The molecule has 0 saturated heterocycles. The summed E-state index contributed by atoms with van der Waals surface area (Å²) in [6, 6.07) is 8.72. The minimum atomic E-state index is -5.02. The summed E-state index contributed by atoms with van der Waals surface area (Å²) in [7, 11) is -20.1. The molecule has 0 aromatic heterocycles. The average molecular weight is 1100 g/mol. The Labute approximate surface area is 419 Å². The molecule has 4 aromatic carbocycles. The monoisotopic (exact) mass is 1100 g/mol. The summed E-state index contributed by atoms with van der Waals surface area (Å²) in [5, 5.41) is 0. The zero-order chi connectivity index (χ0) is 51.3. The normalized spacial score (nSPS) is 13.3. The summed E-state index contributed by atoms with van der Waals surface area (Å²) in [6.07, 6.45) is -1.67. The number of benzene rings is 4. The fourth-order valence-electron chi connectivity index (χ4n) is 7.57. The molecule has 0 radical (unpaired) electrons. The van der Waals surface area contributed by atoms with Gasteiger partial charge in [-0.2, -0.15) is 58.9 Å². The molecule has 0 amide bonds. The Kier molecular flexibility index (Phi) is 21.0. The highest BCUT2D eigenvalue weighted by atomic mass is 32.2. The first-order valence-corrected chi connectivity index (χ1v) is 28.7. The van der Waals surface area contributed by atoms with Crippen LogP contribution in [-0.2, 0) is 85.1 Å². The Balaban J connectivity index is 1.87. The van der Waals surface area contributed by atoms with Crippen molar-refractivity contribution in [1.29, 1.82) is 0 Å². The van der Waals surface area contributed by atoms with Crippen molar-refractivity contribution in [3.8, 4) is 23.0 Å². The lowest BCUT2D eigenvalue weighted by molar-refractivity contribution is 0.0411. The van der Waals surface area contributed by atoms with Gasteiger partial charge in [0.15, 0.2) is 0 Å². The summed E-state index contributed by atoms with van der Waals surface area (Å²) in [5.41, 5.74) is 0.227. The first-order chi connectivity index (χ1) is 33.1. The van der Waals surface area contributed by atoms with Crippen molar-refractivity contribution in [1.82, 2.24) is 0 Å². The SMILES string of the molecule is CCOc1c2cc(S(=O)(=O)O)cc1Cc1cc(S(=O)(=O)O)cc(c1OCCOCCOCCS)Cc1cc(S(=O)(=O)O)cc(c1OCC)Cc1cc(S(=O)(=O)O)cc(c1OCCOCCOCCS)C2. The lowest BCUT2D eigenvalue weighted by atomic mass is 9.91. The number of hydrogen-bond acceptors (Lipinski definition) is 18. The van der Waals surface area contributed by atoms with Crippen LogP contribution in [0.2, 0.25) is 0 Å². The standard InChI is InChI=1S/C44H56O20S6/c1-3-61-41-29-17-33-25-39(69(51,52)53)27-35(43(33)63-11-9-57-5-7-59-13-15-65)19-31-23-38(68(48,49)50)24-32(42(31)62-4-2)20-36-28-40(70(54,55)56)26-34(18-30(41)22-37(21-29)67(45,46)47)44(36)64-12-10-58-6-8-60-14-16-66/h21-28,65-66H,3-20H2,1-2H3,(H,45,46,47)(H,48,49,50)(H,51,52,53)(H,54,55,56). The van der Waals surface area contributed by atoms with Crippen molar-refractivity contribution in [3.05, 3.63) is 93.0 Å². The Morgan fingerprint density at radius 2 is 0.557 bits per heavy atom. The van der Waals surface area contributed by atoms with E-state index in [1.807, 2.05) is 0 Å². The molecule has 26 heteroatoms. The molecular formula is C44H56O20S6. The van der Waals surface area contributed by atoms with E-state index in [1.165, 1.54) is 0 Å². The largest absolute Gasteiger partial charge is 0.493 e. The maximum Gasteiger partial charge on any atom is 0.294 e. The van der Waals surface area contributed by atoms with Crippen LogP contribution in [0.1, 0.15) is 58.4 Å². The molecule has 20 nitrogen and oxygen atoms in total. The summed E-state index contributed by atoms with van der Waals surface area (Å²) in [5.74, 6) is 1.02. The molecule has 5 rings (SSSR count). The minimum absolute atomic E-state index is 0.00822. The third kappa shape index (κ3) is 16.1. The van der Waals surface area contributed by atoms with Gasteiger partial charge >= 0.3 is 0 Å². The van der Waals surface area contributed by atoms with Gasteiger partial charge in [0.2, 0.25) is 0 Å². The van der Waals surface area contributed by atoms with Crippen LogP contribution in [0, 0.1) is 0 Å². The fourth-order valence-corrected chi connectivity index (χ4v) is 10.2. The fraction of sp³-hybridized carbons (Fsp3) is 0.455. The van der Waals surface area contributed by atoms with Crippen molar-refractivity contribution in [2.24, 2.45) is 0 Å². The van der Waals surface area contributed by atoms with E-state index in [0.717, 1.165) is 48.5 Å². The van der Waals surface area contributed by atoms with Gasteiger partial charge in [-0.3, -0.25) is 18.2 Å². The average Bonchev–Trinajstić information content (AvgIpc) is 3.26. The Morgan fingerprint density at radius 1 is 0.357 bits per heavy atom. The predicted molar refractivity (Wildman–Crippen MR) is 261 cm³/mol. The van der Waals surface area contributed by atoms with Crippen molar-refractivity contribution in [2.75, 3.05) is 90.8 Å². The summed E-state index contributed by atoms with van der Waals surface area (Å²) in [4.78, 5) is -2.55. The topological polar surface area (TPSA) is 291 Å². The van der Waals surface area contributed by atoms with Crippen molar-refractivity contribution in [2.45, 2.75) is 59.1 Å². The van der Waals surface area contributed by atoms with E-state index in [1.54, 1.807) is 13.8 Å². The highest BCUT2D eigenvalue weighted by Gasteiger charge is 2.29. The smallest absolute Gasteiger partial charge is 0.294 e. The van der Waals surface area contributed by atoms with Gasteiger partial charge in [0.05, 0.1) is 85.7 Å². The van der Waals surface area contributed by atoms with Gasteiger partial charge in [-0.25, -0.2) is 0 Å². The molecule has 8 bridgehead atoms. The van der Waals surface area contributed by atoms with Crippen LogP contribution in [0.3, 0.4) is 0 Å². The van der Waals surface area contributed by atoms with Gasteiger partial charge in [0.25, 0.3) is 40.5 Å². The van der Waals surface area contributed by atoms with E-state index < -0.39 is 85.7 Å². The van der Waals surface area contributed by atoms with Crippen LogP contribution >= 0.6 is 25.3 Å². The molecule has 0 unspecified atom stereocenters. The maximum absolute atomic E-state index is 13.0. The molecule has 388 valence electrons. The molecule has 4 aromatic rings. The van der Waals surface area contributed by atoms with Crippen molar-refractivity contribution >= 4 is 65.7 Å². The molecule has 1 aliphatic rings. The second-order valence-corrected chi connectivity index (χ2v) is 21.9. The predicted octanol–water partition coefficient (Wildman–Crippen LogP) is 4.83. The molecule has 0 fully saturated rings. The number of ether oxygens (including phenoxy) is 8. The molecule has 0 atom stereocenters. The van der Waals surface area contributed by atoms with Crippen LogP contribution < -0.4 is 18.9 Å². The van der Waals surface area contributed by atoms with E-state index in [0.29, 0.717) is 24.7 Å². The molecule has 4 N–H and O–H groups in total. The van der Waals surface area contributed by atoms with Gasteiger partial charge < -0.3 is 37.9 Å². The second kappa shape index (κ2) is 25.8. The van der Waals surface area contributed by atoms with Gasteiger partial charge in [-0.15, -0.1) is 0 Å². The zero-order valence-corrected chi connectivity index (χ0v) is 43.2. The molecule has 0 spiro atoms. The van der Waals surface area contributed by atoms with Crippen LogP contribution in [0.5, 0.6) is 23.0 Å². The van der Waals surface area contributed by atoms with Crippen LogP contribution in [0.4, 0.5) is 0 Å². The molecular weight excluding hydrogens is 1040 g/mol. The lowest BCUT2D eigenvalue weighted by Crippen LogP contribution is -2.15. The molecule has 0 aliphatic heterocycles. The zero-order valence-electron chi connectivity index (χ0n) is 38.2. The van der Waals surface area contributed by atoms with Gasteiger partial charge in [-0.1, -0.05) is 0 Å². The van der Waals surface area contributed by atoms with Crippen LogP contribution in [0.15, 0.2) is 68.1 Å². The van der Waals surface area contributed by atoms with E-state index >= 15 is 0 Å². The summed E-state index contributed by atoms with van der Waals surface area (Å²) < 4.78 is 193. The highest BCUT2D eigenvalue weighted by molar-refractivity contribution is 7.86. The molecule has 1 aliphatic carbocycles. The minimum Gasteiger partial charge on any atom is -0.493 e. The third-order valence-electron chi connectivity index (χ3n) is 10.3. The van der Waals surface area contributed by atoms with Gasteiger partial charge in [0.1, 0.15) is 36.2 Å². The summed E-state index contributed by atoms with van der Waals surface area (Å²) >= 11 is 8.22. The van der Waals surface area contributed by atoms with Crippen molar-refractivity contribution < 1.29 is 89.8 Å². The molecule has 0 saturated carbocycles. The van der Waals surface area contributed by atoms with Crippen LogP contribution in [0.25, 0.3) is 0 Å². The van der Waals surface area contributed by atoms with E-state index in [-0.39, 0.29) is 134 Å². The number of fused-ring (bicyclic) bond motifs is 8. The number of hydrogen-bond donors (Lipinski definition) is 6. The second-order valence-electron chi connectivity index (χ2n) is 15.3. The first-order valence-electron chi connectivity index (χ1n) is 21.7. The Morgan fingerprint density at radius 3 is 0.757 bits per heavy atom. The molecule has 70 heavy (non-hydrogen) atoms.